The number of carbonyl (C=O) groups excluding carboxylic acids is 1. The van der Waals surface area contributed by atoms with E-state index in [0.717, 1.165) is 11.3 Å². The molecule has 0 aromatic carbocycles. The maximum absolute atomic E-state index is 11.9. The molecule has 20 heavy (non-hydrogen) atoms. The number of carbonyl (C=O) groups is 1. The number of nitrogens with one attached hydrogen (secondary N) is 2. The molecule has 10 heteroatoms. The van der Waals surface area contributed by atoms with Gasteiger partial charge in [-0.05, 0) is 6.92 Å². The van der Waals surface area contributed by atoms with Gasteiger partial charge in [-0.1, -0.05) is 0 Å². The molecule has 108 valence electrons. The lowest BCUT2D eigenvalue weighted by molar-refractivity contribution is -0.142. The molecule has 0 fully saturated rings. The molecule has 0 saturated heterocycles. The largest absolute Gasteiger partial charge is 0.466 e. The topological polar surface area (TPSA) is 114 Å². The summed E-state index contributed by atoms with van der Waals surface area (Å²) in [6, 6.07) is 0. The molecule has 2 aromatic heterocycles. The molecular weight excluding hydrogens is 304 g/mol. The average molecular weight is 316 g/mol. The highest BCUT2D eigenvalue weighted by Gasteiger charge is 2.17. The van der Waals surface area contributed by atoms with E-state index in [9.17, 15) is 13.2 Å². The van der Waals surface area contributed by atoms with E-state index in [1.165, 1.54) is 12.4 Å². The summed E-state index contributed by atoms with van der Waals surface area (Å²) in [6.45, 7) is 2.01. The van der Waals surface area contributed by atoms with Crippen LogP contribution in [0.25, 0.3) is 0 Å². The zero-order valence-corrected chi connectivity index (χ0v) is 12.1. The minimum Gasteiger partial charge on any atom is -0.466 e. The van der Waals surface area contributed by atoms with Crippen LogP contribution in [0.4, 0.5) is 5.13 Å². The smallest absolute Gasteiger partial charge is 0.311 e. The third kappa shape index (κ3) is 3.54. The predicted octanol–water partition coefficient (Wildman–Crippen LogP) is 0.773. The van der Waals surface area contributed by atoms with Crippen LogP contribution in [-0.4, -0.2) is 36.2 Å². The average Bonchev–Trinajstić information content (AvgIpc) is 3.00. The molecule has 2 rings (SSSR count). The number of aromatic nitrogens is 3. The van der Waals surface area contributed by atoms with E-state index >= 15 is 0 Å². The molecule has 0 radical (unpaired) electrons. The third-order valence-electron chi connectivity index (χ3n) is 2.19. The molecule has 0 saturated carbocycles. The van der Waals surface area contributed by atoms with Crippen LogP contribution in [0.15, 0.2) is 22.7 Å². The lowest BCUT2D eigenvalue weighted by atomic mass is 10.3. The summed E-state index contributed by atoms with van der Waals surface area (Å²) < 4.78 is 30.9. The molecule has 2 N–H and O–H groups in total. The molecule has 0 bridgehead atoms. The fraction of sp³-hybridized carbons (Fsp3) is 0.300. The van der Waals surface area contributed by atoms with Crippen LogP contribution >= 0.6 is 11.3 Å². The van der Waals surface area contributed by atoms with E-state index in [4.69, 9.17) is 4.74 Å². The standard InChI is InChI=1S/C10H12N4O4S2/c1-2-18-9(15)3-7-6-19-10(13-7)14-20(16,17)8-4-11-12-5-8/h4-6H,2-3H2,1H3,(H,11,12)(H,13,14). The second-order valence-electron chi connectivity index (χ2n) is 3.67. The maximum atomic E-state index is 11.9. The van der Waals surface area contributed by atoms with Crippen LogP contribution in [0.5, 0.6) is 0 Å². The number of sulfonamides is 1. The van der Waals surface area contributed by atoms with Gasteiger partial charge in [-0.3, -0.25) is 14.6 Å². The summed E-state index contributed by atoms with van der Waals surface area (Å²) >= 11 is 1.09. The van der Waals surface area contributed by atoms with Crippen LogP contribution in [-0.2, 0) is 26.0 Å². The van der Waals surface area contributed by atoms with E-state index < -0.39 is 16.0 Å². The van der Waals surface area contributed by atoms with Crippen LogP contribution in [0.1, 0.15) is 12.6 Å². The van der Waals surface area contributed by atoms with Crippen molar-refractivity contribution in [2.45, 2.75) is 18.2 Å². The fourth-order valence-electron chi connectivity index (χ4n) is 1.35. The van der Waals surface area contributed by atoms with Gasteiger partial charge < -0.3 is 4.74 Å². The van der Waals surface area contributed by atoms with Crippen LogP contribution in [0, 0.1) is 0 Å². The minimum absolute atomic E-state index is 0.0117. The fourth-order valence-corrected chi connectivity index (χ4v) is 3.22. The Kier molecular flexibility index (Phi) is 4.35. The van der Waals surface area contributed by atoms with Crippen molar-refractivity contribution in [1.29, 1.82) is 0 Å². The minimum atomic E-state index is -3.71. The van der Waals surface area contributed by atoms with Gasteiger partial charge in [0.25, 0.3) is 10.0 Å². The highest BCUT2D eigenvalue weighted by molar-refractivity contribution is 7.93. The van der Waals surface area contributed by atoms with Crippen LogP contribution in [0.3, 0.4) is 0 Å². The Labute approximate surface area is 119 Å². The number of anilines is 1. The second kappa shape index (κ2) is 6.01. The molecule has 0 amide bonds. The summed E-state index contributed by atoms with van der Waals surface area (Å²) in [7, 11) is -3.71. The first-order valence-electron chi connectivity index (χ1n) is 5.63. The normalized spacial score (nSPS) is 11.2. The number of H-pyrrole nitrogens is 1. The van der Waals surface area contributed by atoms with Gasteiger partial charge in [0.2, 0.25) is 0 Å². The first-order chi connectivity index (χ1) is 9.51. The van der Waals surface area contributed by atoms with Gasteiger partial charge in [0.05, 0.1) is 24.9 Å². The van der Waals surface area contributed by atoms with Gasteiger partial charge >= 0.3 is 5.97 Å². The van der Waals surface area contributed by atoms with Gasteiger partial charge in [-0.2, -0.15) is 5.10 Å². The molecule has 0 aliphatic carbocycles. The monoisotopic (exact) mass is 316 g/mol. The van der Waals surface area contributed by atoms with Crippen molar-refractivity contribution in [2.24, 2.45) is 0 Å². The SMILES string of the molecule is CCOC(=O)Cc1csc(NS(=O)(=O)c2cn[nH]c2)n1. The highest BCUT2D eigenvalue weighted by Crippen LogP contribution is 2.20. The van der Waals surface area contributed by atoms with Crippen molar-refractivity contribution in [3.8, 4) is 0 Å². The van der Waals surface area contributed by atoms with Gasteiger partial charge in [0.15, 0.2) is 5.13 Å². The van der Waals surface area contributed by atoms with E-state index in [-0.39, 0.29) is 16.4 Å². The number of thiazole rings is 1. The van der Waals surface area contributed by atoms with Crippen molar-refractivity contribution >= 4 is 32.5 Å². The lowest BCUT2D eigenvalue weighted by Gasteiger charge is -2.01. The molecule has 2 aromatic rings. The first kappa shape index (κ1) is 14.5. The molecule has 2 heterocycles. The number of nitrogens with zero attached hydrogens (tertiary/aromatic N) is 2. The molecular formula is C10H12N4O4S2. The highest BCUT2D eigenvalue weighted by atomic mass is 32.2. The Morgan fingerprint density at radius 1 is 1.55 bits per heavy atom. The van der Waals surface area contributed by atoms with Gasteiger partial charge in [-0.25, -0.2) is 13.4 Å². The van der Waals surface area contributed by atoms with Crippen molar-refractivity contribution in [2.75, 3.05) is 11.3 Å². The van der Waals surface area contributed by atoms with Crippen LogP contribution in [0.2, 0.25) is 0 Å². The summed E-state index contributed by atoms with van der Waals surface area (Å²) in [6.07, 6.45) is 2.46. The van der Waals surface area contributed by atoms with Crippen LogP contribution < -0.4 is 4.72 Å². The van der Waals surface area contributed by atoms with Crippen molar-refractivity contribution in [3.05, 3.63) is 23.5 Å². The Hall–Kier alpha value is -1.94. The Morgan fingerprint density at radius 3 is 3.00 bits per heavy atom. The molecule has 0 aliphatic heterocycles. The summed E-state index contributed by atoms with van der Waals surface area (Å²) in [5, 5.41) is 7.78. The number of hydrogen-bond donors (Lipinski definition) is 2. The maximum Gasteiger partial charge on any atom is 0.311 e. The van der Waals surface area contributed by atoms with E-state index in [2.05, 4.69) is 19.9 Å². The number of rotatable bonds is 6. The Bertz CT molecular complexity index is 678. The Morgan fingerprint density at radius 2 is 2.35 bits per heavy atom. The first-order valence-corrected chi connectivity index (χ1v) is 7.99. The Balaban J connectivity index is 2.05. The molecule has 8 nitrogen and oxygen atoms in total. The lowest BCUT2D eigenvalue weighted by Crippen LogP contribution is -2.12. The van der Waals surface area contributed by atoms with Crippen molar-refractivity contribution < 1.29 is 17.9 Å². The van der Waals surface area contributed by atoms with E-state index in [1.54, 1.807) is 12.3 Å². The number of hydrogen-bond acceptors (Lipinski definition) is 7. The number of ether oxygens (including phenoxy) is 1. The zero-order chi connectivity index (χ0) is 14.6. The molecule has 0 unspecified atom stereocenters. The quantitative estimate of drug-likeness (QED) is 0.761. The van der Waals surface area contributed by atoms with E-state index in [1.807, 2.05) is 0 Å². The predicted molar refractivity (Wildman–Crippen MR) is 71.8 cm³/mol. The third-order valence-corrected chi connectivity index (χ3v) is 4.43. The molecule has 0 atom stereocenters. The summed E-state index contributed by atoms with van der Waals surface area (Å²) in [4.78, 5) is 15.3. The molecule has 0 spiro atoms. The number of esters is 1. The number of aromatic amines is 1. The summed E-state index contributed by atoms with van der Waals surface area (Å²) in [5.41, 5.74) is 0.457. The van der Waals surface area contributed by atoms with E-state index in [0.29, 0.717) is 12.3 Å². The van der Waals surface area contributed by atoms with Crippen molar-refractivity contribution in [3.63, 3.8) is 0 Å². The second-order valence-corrected chi connectivity index (χ2v) is 6.21. The van der Waals surface area contributed by atoms with Gasteiger partial charge in [0, 0.05) is 11.6 Å². The zero-order valence-electron chi connectivity index (χ0n) is 10.5. The molecule has 0 aliphatic rings. The van der Waals surface area contributed by atoms with Gasteiger partial charge in [-0.15, -0.1) is 11.3 Å². The summed E-state index contributed by atoms with van der Waals surface area (Å²) in [5.74, 6) is -0.401. The van der Waals surface area contributed by atoms with Crippen molar-refractivity contribution in [1.82, 2.24) is 15.2 Å². The van der Waals surface area contributed by atoms with Gasteiger partial charge in [0.1, 0.15) is 4.90 Å².